The third kappa shape index (κ3) is 3.68. The molecule has 6 heteroatoms. The van der Waals surface area contributed by atoms with Gasteiger partial charge in [0.1, 0.15) is 0 Å². The van der Waals surface area contributed by atoms with Crippen molar-refractivity contribution in [3.8, 4) is 0 Å². The molecule has 0 aliphatic rings. The summed E-state index contributed by atoms with van der Waals surface area (Å²) in [7, 11) is -0.945. The molecule has 0 spiro atoms. The number of aromatic nitrogens is 2. The van der Waals surface area contributed by atoms with Crippen LogP contribution in [0.15, 0.2) is 41.6 Å². The molecule has 0 aliphatic heterocycles. The van der Waals surface area contributed by atoms with E-state index in [1.165, 1.54) is 0 Å². The van der Waals surface area contributed by atoms with Gasteiger partial charge in [-0.2, -0.15) is 5.10 Å². The van der Waals surface area contributed by atoms with Gasteiger partial charge in [0.25, 0.3) is 0 Å². The first kappa shape index (κ1) is 14.7. The Labute approximate surface area is 121 Å². The number of hydrogen-bond donors (Lipinski definition) is 2. The van der Waals surface area contributed by atoms with Crippen LogP contribution in [0.3, 0.4) is 0 Å². The highest BCUT2D eigenvalue weighted by Gasteiger charge is 2.07. The lowest BCUT2D eigenvalue weighted by Crippen LogP contribution is -2.06. The van der Waals surface area contributed by atoms with Crippen molar-refractivity contribution in [2.24, 2.45) is 0 Å². The van der Waals surface area contributed by atoms with Crippen molar-refractivity contribution in [3.05, 3.63) is 42.2 Å². The van der Waals surface area contributed by atoms with Gasteiger partial charge in [0.15, 0.2) is 0 Å². The number of aliphatic hydroxyl groups is 1. The van der Waals surface area contributed by atoms with Gasteiger partial charge >= 0.3 is 0 Å². The molecule has 2 unspecified atom stereocenters. The SMILES string of the molecule is CC(Nc1cnn(CCO)c1)c1ccc(S(C)=O)cc1. The van der Waals surface area contributed by atoms with E-state index in [9.17, 15) is 4.21 Å². The third-order valence-corrected chi connectivity index (χ3v) is 3.99. The zero-order valence-corrected chi connectivity index (χ0v) is 12.4. The Kier molecular flexibility index (Phi) is 4.92. The van der Waals surface area contributed by atoms with Crippen LogP contribution < -0.4 is 5.32 Å². The summed E-state index contributed by atoms with van der Waals surface area (Å²) in [6, 6.07) is 7.86. The molecule has 0 fully saturated rings. The van der Waals surface area contributed by atoms with Gasteiger partial charge in [-0.3, -0.25) is 8.89 Å². The summed E-state index contributed by atoms with van der Waals surface area (Å²) in [6.07, 6.45) is 5.27. The summed E-state index contributed by atoms with van der Waals surface area (Å²) in [5.41, 5.74) is 2.03. The zero-order valence-electron chi connectivity index (χ0n) is 11.6. The van der Waals surface area contributed by atoms with Crippen LogP contribution in [0.25, 0.3) is 0 Å². The predicted octanol–water partition coefficient (Wildman–Crippen LogP) is 1.79. The van der Waals surface area contributed by atoms with E-state index in [2.05, 4.69) is 17.3 Å². The molecule has 2 aromatic rings. The van der Waals surface area contributed by atoms with Crippen LogP contribution in [0.2, 0.25) is 0 Å². The summed E-state index contributed by atoms with van der Waals surface area (Å²) < 4.78 is 13.0. The van der Waals surface area contributed by atoms with E-state index in [4.69, 9.17) is 5.11 Å². The molecule has 0 radical (unpaired) electrons. The van der Waals surface area contributed by atoms with Gasteiger partial charge in [-0.1, -0.05) is 12.1 Å². The van der Waals surface area contributed by atoms with Gasteiger partial charge in [-0.05, 0) is 24.6 Å². The minimum Gasteiger partial charge on any atom is -0.394 e. The minimum atomic E-state index is -0.945. The van der Waals surface area contributed by atoms with Gasteiger partial charge in [-0.25, -0.2) is 0 Å². The van der Waals surface area contributed by atoms with Crippen molar-refractivity contribution in [1.82, 2.24) is 9.78 Å². The van der Waals surface area contributed by atoms with Crippen molar-refractivity contribution in [2.75, 3.05) is 18.2 Å². The molecule has 0 saturated heterocycles. The highest BCUT2D eigenvalue weighted by Crippen LogP contribution is 2.19. The number of anilines is 1. The van der Waals surface area contributed by atoms with Crippen LogP contribution in [0, 0.1) is 0 Å². The van der Waals surface area contributed by atoms with Crippen LogP contribution in [0.5, 0.6) is 0 Å². The molecule has 0 amide bonds. The predicted molar refractivity (Wildman–Crippen MR) is 80.1 cm³/mol. The van der Waals surface area contributed by atoms with E-state index in [1.807, 2.05) is 30.5 Å². The lowest BCUT2D eigenvalue weighted by atomic mass is 10.1. The van der Waals surface area contributed by atoms with Crippen LogP contribution in [0.4, 0.5) is 5.69 Å². The van der Waals surface area contributed by atoms with E-state index in [0.717, 1.165) is 16.1 Å². The Balaban J connectivity index is 2.03. The fraction of sp³-hybridized carbons (Fsp3) is 0.357. The Bertz CT molecular complexity index is 580. The Morgan fingerprint density at radius 3 is 2.70 bits per heavy atom. The maximum atomic E-state index is 11.3. The van der Waals surface area contributed by atoms with Crippen LogP contribution in [0.1, 0.15) is 18.5 Å². The fourth-order valence-corrected chi connectivity index (χ4v) is 2.46. The molecule has 1 aromatic heterocycles. The summed E-state index contributed by atoms with van der Waals surface area (Å²) in [6.45, 7) is 2.63. The highest BCUT2D eigenvalue weighted by atomic mass is 32.2. The maximum Gasteiger partial charge on any atom is 0.0731 e. The molecular weight excluding hydrogens is 274 g/mol. The Morgan fingerprint density at radius 2 is 2.10 bits per heavy atom. The van der Waals surface area contributed by atoms with Crippen LogP contribution in [-0.2, 0) is 17.3 Å². The molecule has 2 atom stereocenters. The summed E-state index contributed by atoms with van der Waals surface area (Å²) in [4.78, 5) is 0.830. The second-order valence-electron chi connectivity index (χ2n) is 4.60. The normalized spacial score (nSPS) is 13.9. The standard InChI is InChI=1S/C14H19N3O2S/c1-11(12-3-5-14(6-4-12)20(2)19)16-13-9-15-17(10-13)7-8-18/h3-6,9-11,16,18H,7-8H2,1-2H3. The fourth-order valence-electron chi connectivity index (χ4n) is 1.94. The molecule has 20 heavy (non-hydrogen) atoms. The maximum absolute atomic E-state index is 11.3. The number of rotatable bonds is 6. The zero-order chi connectivity index (χ0) is 14.5. The van der Waals surface area contributed by atoms with Crippen LogP contribution in [-0.4, -0.2) is 32.0 Å². The second-order valence-corrected chi connectivity index (χ2v) is 5.98. The van der Waals surface area contributed by atoms with Gasteiger partial charge in [0.2, 0.25) is 0 Å². The monoisotopic (exact) mass is 293 g/mol. The van der Waals surface area contributed by atoms with Gasteiger partial charge < -0.3 is 10.4 Å². The summed E-state index contributed by atoms with van der Waals surface area (Å²) in [5.74, 6) is 0. The van der Waals surface area contributed by atoms with Crippen LogP contribution >= 0.6 is 0 Å². The minimum absolute atomic E-state index is 0.0757. The van der Waals surface area contributed by atoms with Crippen molar-refractivity contribution < 1.29 is 9.32 Å². The Hall–Kier alpha value is -1.66. The lowest BCUT2D eigenvalue weighted by molar-refractivity contribution is 0.269. The molecule has 1 heterocycles. The number of benzene rings is 1. The molecule has 0 saturated carbocycles. The topological polar surface area (TPSA) is 67.2 Å². The smallest absolute Gasteiger partial charge is 0.0731 e. The van der Waals surface area contributed by atoms with Gasteiger partial charge in [0, 0.05) is 34.2 Å². The van der Waals surface area contributed by atoms with Gasteiger partial charge in [-0.15, -0.1) is 0 Å². The summed E-state index contributed by atoms with van der Waals surface area (Å²) >= 11 is 0. The average Bonchev–Trinajstić information content (AvgIpc) is 2.86. The second kappa shape index (κ2) is 6.67. The molecular formula is C14H19N3O2S. The number of hydrogen-bond acceptors (Lipinski definition) is 4. The summed E-state index contributed by atoms with van der Waals surface area (Å²) in [5, 5.41) is 16.3. The number of aliphatic hydroxyl groups excluding tert-OH is 1. The molecule has 108 valence electrons. The first-order valence-electron chi connectivity index (χ1n) is 6.43. The number of nitrogens with one attached hydrogen (secondary N) is 1. The highest BCUT2D eigenvalue weighted by molar-refractivity contribution is 7.84. The average molecular weight is 293 g/mol. The van der Waals surface area contributed by atoms with E-state index >= 15 is 0 Å². The van der Waals surface area contributed by atoms with E-state index in [0.29, 0.717) is 6.54 Å². The van der Waals surface area contributed by atoms with Crippen molar-refractivity contribution in [2.45, 2.75) is 24.4 Å². The molecule has 2 rings (SSSR count). The molecule has 2 N–H and O–H groups in total. The first-order chi connectivity index (χ1) is 9.60. The van der Waals surface area contributed by atoms with Crippen molar-refractivity contribution in [1.29, 1.82) is 0 Å². The number of nitrogens with zero attached hydrogens (tertiary/aromatic N) is 2. The molecule has 0 bridgehead atoms. The van der Waals surface area contributed by atoms with Crippen molar-refractivity contribution >= 4 is 16.5 Å². The molecule has 5 nitrogen and oxygen atoms in total. The van der Waals surface area contributed by atoms with E-state index in [-0.39, 0.29) is 12.6 Å². The van der Waals surface area contributed by atoms with E-state index < -0.39 is 10.8 Å². The quantitative estimate of drug-likeness (QED) is 0.852. The molecule has 0 aliphatic carbocycles. The lowest BCUT2D eigenvalue weighted by Gasteiger charge is -2.14. The third-order valence-electron chi connectivity index (χ3n) is 3.06. The Morgan fingerprint density at radius 1 is 1.40 bits per heavy atom. The first-order valence-corrected chi connectivity index (χ1v) is 7.99. The molecule has 1 aromatic carbocycles. The largest absolute Gasteiger partial charge is 0.394 e. The van der Waals surface area contributed by atoms with Crippen molar-refractivity contribution in [3.63, 3.8) is 0 Å². The van der Waals surface area contributed by atoms with Gasteiger partial charge in [0.05, 0.1) is 25.0 Å². The van der Waals surface area contributed by atoms with E-state index in [1.54, 1.807) is 17.1 Å².